The Hall–Kier alpha value is -1.76. The minimum atomic E-state index is -3.64. The van der Waals surface area contributed by atoms with E-state index in [0.29, 0.717) is 10.7 Å². The molecule has 0 bridgehead atoms. The first-order valence-corrected chi connectivity index (χ1v) is 10.7. The lowest BCUT2D eigenvalue weighted by Crippen LogP contribution is -2.47. The number of halogens is 1. The summed E-state index contributed by atoms with van der Waals surface area (Å²) in [6.07, 6.45) is 2.70. The number of rotatable bonds is 5. The lowest BCUT2D eigenvalue weighted by molar-refractivity contribution is 0.248. The summed E-state index contributed by atoms with van der Waals surface area (Å²) >= 11 is 5.89. The topological polar surface area (TPSA) is 52.7 Å². The number of sulfonamides is 1. The molecule has 0 aromatic heterocycles. The molecule has 1 aliphatic heterocycles. The van der Waals surface area contributed by atoms with E-state index in [4.69, 9.17) is 11.6 Å². The standard InChI is InChI=1S/C19H22ClN3O2S/c20-15-2-1-3-19(14-15)26(24,25)21-16-4-6-17(7-5-16)22-10-12-23(13-11-22)18-8-9-18/h1-7,14,18,21H,8-13H2. The molecular formula is C19H22ClN3O2S. The molecule has 1 aliphatic carbocycles. The summed E-state index contributed by atoms with van der Waals surface area (Å²) in [5.74, 6) is 0. The number of piperazine rings is 1. The molecule has 138 valence electrons. The van der Waals surface area contributed by atoms with E-state index in [1.807, 2.05) is 24.3 Å². The zero-order valence-electron chi connectivity index (χ0n) is 14.4. The molecule has 0 amide bonds. The third-order valence-electron chi connectivity index (χ3n) is 4.97. The van der Waals surface area contributed by atoms with Crippen LogP contribution in [0.15, 0.2) is 53.4 Å². The molecule has 0 atom stereocenters. The molecule has 4 rings (SSSR count). The van der Waals surface area contributed by atoms with Crippen molar-refractivity contribution in [3.05, 3.63) is 53.6 Å². The van der Waals surface area contributed by atoms with Crippen LogP contribution in [0.1, 0.15) is 12.8 Å². The van der Waals surface area contributed by atoms with E-state index in [-0.39, 0.29) is 4.90 Å². The van der Waals surface area contributed by atoms with Crippen molar-refractivity contribution >= 4 is 33.0 Å². The monoisotopic (exact) mass is 391 g/mol. The maximum Gasteiger partial charge on any atom is 0.261 e. The smallest absolute Gasteiger partial charge is 0.261 e. The van der Waals surface area contributed by atoms with Gasteiger partial charge in [-0.2, -0.15) is 0 Å². The van der Waals surface area contributed by atoms with Gasteiger partial charge in [0.05, 0.1) is 4.90 Å². The summed E-state index contributed by atoms with van der Waals surface area (Å²) in [5.41, 5.74) is 1.68. The molecule has 1 saturated carbocycles. The largest absolute Gasteiger partial charge is 0.369 e. The Morgan fingerprint density at radius 2 is 1.65 bits per heavy atom. The second kappa shape index (κ2) is 7.10. The highest BCUT2D eigenvalue weighted by Crippen LogP contribution is 2.29. The van der Waals surface area contributed by atoms with Gasteiger partial charge in [0.1, 0.15) is 0 Å². The molecule has 2 aliphatic rings. The van der Waals surface area contributed by atoms with Crippen LogP contribution in [0.4, 0.5) is 11.4 Å². The zero-order chi connectivity index (χ0) is 18.1. The molecule has 1 N–H and O–H groups in total. The van der Waals surface area contributed by atoms with Gasteiger partial charge in [-0.05, 0) is 55.3 Å². The molecule has 2 aromatic rings. The summed E-state index contributed by atoms with van der Waals surface area (Å²) in [4.78, 5) is 5.09. The molecule has 7 heteroatoms. The Morgan fingerprint density at radius 1 is 0.962 bits per heavy atom. The first-order chi connectivity index (χ1) is 12.5. The number of anilines is 2. The van der Waals surface area contributed by atoms with Crippen LogP contribution in [0, 0.1) is 0 Å². The maximum atomic E-state index is 12.5. The predicted molar refractivity (Wildman–Crippen MR) is 106 cm³/mol. The van der Waals surface area contributed by atoms with Gasteiger partial charge in [-0.25, -0.2) is 8.42 Å². The minimum Gasteiger partial charge on any atom is -0.369 e. The highest BCUT2D eigenvalue weighted by atomic mass is 35.5. The van der Waals surface area contributed by atoms with Crippen molar-refractivity contribution in [3.8, 4) is 0 Å². The van der Waals surface area contributed by atoms with Crippen molar-refractivity contribution in [1.82, 2.24) is 4.90 Å². The highest BCUT2D eigenvalue weighted by molar-refractivity contribution is 7.92. The Kier molecular flexibility index (Phi) is 4.82. The first-order valence-electron chi connectivity index (χ1n) is 8.89. The summed E-state index contributed by atoms with van der Waals surface area (Å²) in [6.45, 7) is 4.25. The van der Waals surface area contributed by atoms with Crippen LogP contribution in [0.3, 0.4) is 0 Å². The molecule has 1 saturated heterocycles. The van der Waals surface area contributed by atoms with Crippen LogP contribution in [-0.4, -0.2) is 45.5 Å². The van der Waals surface area contributed by atoms with Crippen LogP contribution in [0.2, 0.25) is 5.02 Å². The number of hydrogen-bond acceptors (Lipinski definition) is 4. The normalized spacial score (nSPS) is 18.7. The molecule has 0 spiro atoms. The van der Waals surface area contributed by atoms with Gasteiger partial charge in [0.25, 0.3) is 10.0 Å². The predicted octanol–water partition coefficient (Wildman–Crippen LogP) is 3.43. The van der Waals surface area contributed by atoms with Gasteiger partial charge < -0.3 is 4.90 Å². The second-order valence-corrected chi connectivity index (χ2v) is 8.98. The number of nitrogens with zero attached hydrogens (tertiary/aromatic N) is 2. The molecule has 1 heterocycles. The minimum absolute atomic E-state index is 0.158. The fourth-order valence-corrected chi connectivity index (χ4v) is 4.73. The van der Waals surface area contributed by atoms with E-state index in [1.54, 1.807) is 12.1 Å². The lowest BCUT2D eigenvalue weighted by Gasteiger charge is -2.36. The van der Waals surface area contributed by atoms with Crippen LogP contribution in [-0.2, 0) is 10.0 Å². The van der Waals surface area contributed by atoms with Gasteiger partial charge in [-0.15, -0.1) is 0 Å². The molecule has 0 radical (unpaired) electrons. The number of hydrogen-bond donors (Lipinski definition) is 1. The fraction of sp³-hybridized carbons (Fsp3) is 0.368. The van der Waals surface area contributed by atoms with E-state index >= 15 is 0 Å². The fourth-order valence-electron chi connectivity index (χ4n) is 3.37. The van der Waals surface area contributed by atoms with Crippen molar-refractivity contribution in [1.29, 1.82) is 0 Å². The molecule has 26 heavy (non-hydrogen) atoms. The van der Waals surface area contributed by atoms with Gasteiger partial charge in [0, 0.05) is 48.6 Å². The molecule has 5 nitrogen and oxygen atoms in total. The van der Waals surface area contributed by atoms with Gasteiger partial charge in [0.15, 0.2) is 0 Å². The molecule has 0 unspecified atom stereocenters. The lowest BCUT2D eigenvalue weighted by atomic mass is 10.2. The van der Waals surface area contributed by atoms with E-state index < -0.39 is 10.0 Å². The van der Waals surface area contributed by atoms with E-state index in [9.17, 15) is 8.42 Å². The van der Waals surface area contributed by atoms with Crippen molar-refractivity contribution in [2.45, 2.75) is 23.8 Å². The quantitative estimate of drug-likeness (QED) is 0.848. The Labute approximate surface area is 159 Å². The van der Waals surface area contributed by atoms with Gasteiger partial charge in [0.2, 0.25) is 0 Å². The van der Waals surface area contributed by atoms with E-state index in [0.717, 1.165) is 37.9 Å². The molecule has 2 aromatic carbocycles. The summed E-state index contributed by atoms with van der Waals surface area (Å²) in [5, 5.41) is 0.397. The third kappa shape index (κ3) is 3.98. The van der Waals surface area contributed by atoms with Crippen molar-refractivity contribution in [3.63, 3.8) is 0 Å². The summed E-state index contributed by atoms with van der Waals surface area (Å²) in [6, 6.07) is 14.6. The highest BCUT2D eigenvalue weighted by Gasteiger charge is 2.31. The third-order valence-corrected chi connectivity index (χ3v) is 6.58. The van der Waals surface area contributed by atoms with Crippen LogP contribution in [0.5, 0.6) is 0 Å². The Morgan fingerprint density at radius 3 is 2.27 bits per heavy atom. The Balaban J connectivity index is 1.41. The average Bonchev–Trinajstić information content (AvgIpc) is 3.47. The van der Waals surface area contributed by atoms with E-state index in [1.165, 1.54) is 25.0 Å². The summed E-state index contributed by atoms with van der Waals surface area (Å²) in [7, 11) is -3.64. The zero-order valence-corrected chi connectivity index (χ0v) is 16.0. The second-order valence-electron chi connectivity index (χ2n) is 6.86. The van der Waals surface area contributed by atoms with Gasteiger partial charge >= 0.3 is 0 Å². The van der Waals surface area contributed by atoms with Gasteiger partial charge in [-0.1, -0.05) is 17.7 Å². The Bertz CT molecular complexity index is 874. The SMILES string of the molecule is O=S(=O)(Nc1ccc(N2CCN(C3CC3)CC2)cc1)c1cccc(Cl)c1. The molecule has 2 fully saturated rings. The van der Waals surface area contributed by atoms with Crippen LogP contribution >= 0.6 is 11.6 Å². The molecular weight excluding hydrogens is 370 g/mol. The first kappa shape index (κ1) is 17.6. The maximum absolute atomic E-state index is 12.5. The van der Waals surface area contributed by atoms with Crippen molar-refractivity contribution < 1.29 is 8.42 Å². The van der Waals surface area contributed by atoms with Crippen LogP contribution in [0.25, 0.3) is 0 Å². The number of nitrogens with one attached hydrogen (secondary N) is 1. The van der Waals surface area contributed by atoms with Crippen molar-refractivity contribution in [2.75, 3.05) is 35.8 Å². The summed E-state index contributed by atoms with van der Waals surface area (Å²) < 4.78 is 27.5. The van der Waals surface area contributed by atoms with Gasteiger partial charge in [-0.3, -0.25) is 9.62 Å². The van der Waals surface area contributed by atoms with Crippen molar-refractivity contribution in [2.24, 2.45) is 0 Å². The van der Waals surface area contributed by atoms with E-state index in [2.05, 4.69) is 14.5 Å². The average molecular weight is 392 g/mol. The van der Waals surface area contributed by atoms with Crippen LogP contribution < -0.4 is 9.62 Å². The number of benzene rings is 2.